The minimum Gasteiger partial charge on any atom is -0.481 e. The summed E-state index contributed by atoms with van der Waals surface area (Å²) < 4.78 is 3.89. The van der Waals surface area contributed by atoms with E-state index in [0.29, 0.717) is 0 Å². The number of rotatable bonds is 4. The van der Waals surface area contributed by atoms with E-state index < -0.39 is 35.3 Å². The van der Waals surface area contributed by atoms with Crippen LogP contribution in [0.15, 0.2) is 0 Å². The molecule has 8 heteroatoms. The third-order valence-corrected chi connectivity index (χ3v) is 1.14. The predicted molar refractivity (Wildman–Crippen MR) is 39.8 cm³/mol. The lowest BCUT2D eigenvalue weighted by Crippen LogP contribution is -2.34. The van der Waals surface area contributed by atoms with E-state index in [-0.39, 0.29) is 0 Å². The van der Waals surface area contributed by atoms with Crippen molar-refractivity contribution < 1.29 is 29.2 Å². The van der Waals surface area contributed by atoms with Gasteiger partial charge in [0.25, 0.3) is 0 Å². The second-order valence-corrected chi connectivity index (χ2v) is 2.31. The van der Waals surface area contributed by atoms with Crippen molar-refractivity contribution in [3.05, 3.63) is 10.1 Å². The molecule has 1 N–H and O–H groups in total. The predicted octanol–water partition coefficient (Wildman–Crippen LogP) is -0.804. The van der Waals surface area contributed by atoms with Gasteiger partial charge < -0.3 is 9.84 Å². The largest absolute Gasteiger partial charge is 0.481 e. The Morgan fingerprint density at radius 3 is 2.29 bits per heavy atom. The lowest BCUT2D eigenvalue weighted by Gasteiger charge is -2.04. The summed E-state index contributed by atoms with van der Waals surface area (Å²) >= 11 is 0. The van der Waals surface area contributed by atoms with E-state index >= 15 is 0 Å². The van der Waals surface area contributed by atoms with Crippen LogP contribution in [0.2, 0.25) is 0 Å². The molecule has 0 aliphatic rings. The maximum Gasteiger partial charge on any atom is 0.389 e. The molecule has 0 saturated carbocycles. The number of hydrogen-bond donors (Lipinski definition) is 1. The molecule has 0 aromatic heterocycles. The molecule has 0 radical (unpaired) electrons. The van der Waals surface area contributed by atoms with Gasteiger partial charge in [0.05, 0.1) is 0 Å². The van der Waals surface area contributed by atoms with Gasteiger partial charge in [0.15, 0.2) is 0 Å². The first kappa shape index (κ1) is 12.0. The van der Waals surface area contributed by atoms with Gasteiger partial charge in [-0.1, -0.05) is 0 Å². The summed E-state index contributed by atoms with van der Waals surface area (Å²) in [5, 5.41) is 18.4. The number of carbonyl (C=O) groups excluding carboxylic acids is 2. The maximum absolute atomic E-state index is 10.8. The molecule has 1 unspecified atom stereocenters. The lowest BCUT2D eigenvalue weighted by atomic mass is 10.2. The number of nitro groups is 1. The second-order valence-electron chi connectivity index (χ2n) is 2.31. The second kappa shape index (κ2) is 4.90. The summed E-state index contributed by atoms with van der Waals surface area (Å²) in [7, 11) is 0. The maximum atomic E-state index is 10.8. The monoisotopic (exact) mass is 205 g/mol. The van der Waals surface area contributed by atoms with Crippen molar-refractivity contribution in [1.29, 1.82) is 0 Å². The molecular weight excluding hydrogens is 198 g/mol. The zero-order valence-electron chi connectivity index (χ0n) is 7.13. The van der Waals surface area contributed by atoms with E-state index in [0.717, 1.165) is 6.92 Å². The van der Waals surface area contributed by atoms with Crippen molar-refractivity contribution in [3.8, 4) is 0 Å². The standard InChI is InChI=1S/C6H7NO7/c1-3(8)14-6(11)4(7(12)13)2-5(9)10/h4H,2H2,1H3,(H,9,10). The van der Waals surface area contributed by atoms with Gasteiger partial charge in [0.2, 0.25) is 0 Å². The third kappa shape index (κ3) is 4.14. The average Bonchev–Trinajstić information content (AvgIpc) is 1.97. The van der Waals surface area contributed by atoms with Gasteiger partial charge in [-0.05, 0) is 0 Å². The third-order valence-electron chi connectivity index (χ3n) is 1.14. The first-order valence-corrected chi connectivity index (χ1v) is 3.42. The molecule has 8 nitrogen and oxygen atoms in total. The first-order chi connectivity index (χ1) is 6.34. The molecule has 0 rings (SSSR count). The van der Waals surface area contributed by atoms with Crippen LogP contribution in [0.25, 0.3) is 0 Å². The number of carboxylic acid groups (broad SMARTS) is 1. The summed E-state index contributed by atoms with van der Waals surface area (Å²) in [5.74, 6) is -4.01. The van der Waals surface area contributed by atoms with E-state index in [1.165, 1.54) is 0 Å². The van der Waals surface area contributed by atoms with Gasteiger partial charge in [-0.25, -0.2) is 4.79 Å². The molecule has 0 saturated heterocycles. The van der Waals surface area contributed by atoms with Crippen molar-refractivity contribution in [3.63, 3.8) is 0 Å². The van der Waals surface area contributed by atoms with E-state index in [9.17, 15) is 24.5 Å². The zero-order chi connectivity index (χ0) is 11.3. The Hall–Kier alpha value is -1.99. The summed E-state index contributed by atoms with van der Waals surface area (Å²) in [6, 6.07) is -2.05. The van der Waals surface area contributed by atoms with E-state index in [1.807, 2.05) is 0 Å². The van der Waals surface area contributed by atoms with E-state index in [2.05, 4.69) is 4.74 Å². The van der Waals surface area contributed by atoms with E-state index in [1.54, 1.807) is 0 Å². The van der Waals surface area contributed by atoms with Crippen LogP contribution in [0.3, 0.4) is 0 Å². The number of ether oxygens (including phenoxy) is 1. The van der Waals surface area contributed by atoms with Crippen LogP contribution in [0, 0.1) is 10.1 Å². The summed E-state index contributed by atoms with van der Waals surface area (Å²) in [6.45, 7) is 0.885. The number of hydrogen-bond acceptors (Lipinski definition) is 6. The first-order valence-electron chi connectivity index (χ1n) is 3.42. The molecular formula is C6H7NO7. The molecule has 0 fully saturated rings. The zero-order valence-corrected chi connectivity index (χ0v) is 7.13. The summed E-state index contributed by atoms with van der Waals surface area (Å²) in [4.78, 5) is 40.2. The molecule has 14 heavy (non-hydrogen) atoms. The number of nitrogens with zero attached hydrogens (tertiary/aromatic N) is 1. The van der Waals surface area contributed by atoms with Gasteiger partial charge in [-0.15, -0.1) is 0 Å². The Morgan fingerprint density at radius 2 is 2.00 bits per heavy atom. The SMILES string of the molecule is CC(=O)OC(=O)C(CC(=O)O)[N+](=O)[O-]. The Labute approximate surface area is 77.6 Å². The molecule has 1 atom stereocenters. The van der Waals surface area contributed by atoms with Crippen LogP contribution in [-0.4, -0.2) is 34.0 Å². The normalized spacial score (nSPS) is 11.5. The molecule has 0 aromatic rings. The molecule has 0 spiro atoms. The fourth-order valence-corrected chi connectivity index (χ4v) is 0.619. The molecule has 0 heterocycles. The van der Waals surface area contributed by atoms with Crippen LogP contribution in [0.5, 0.6) is 0 Å². The number of aliphatic carboxylic acids is 1. The number of esters is 2. The van der Waals surface area contributed by atoms with Gasteiger partial charge in [0, 0.05) is 11.8 Å². The van der Waals surface area contributed by atoms with Crippen molar-refractivity contribution in [2.75, 3.05) is 0 Å². The minimum absolute atomic E-state index is 0.885. The van der Waals surface area contributed by atoms with Crippen molar-refractivity contribution >= 4 is 17.9 Å². The Kier molecular flexibility index (Phi) is 4.20. The number of carbonyl (C=O) groups is 3. The quantitative estimate of drug-likeness (QED) is 0.275. The van der Waals surface area contributed by atoms with Crippen molar-refractivity contribution in [1.82, 2.24) is 0 Å². The fraction of sp³-hybridized carbons (Fsp3) is 0.500. The molecule has 78 valence electrons. The van der Waals surface area contributed by atoms with Crippen LogP contribution in [0.1, 0.15) is 13.3 Å². The van der Waals surface area contributed by atoms with Crippen LogP contribution < -0.4 is 0 Å². The molecule has 0 aliphatic carbocycles. The molecule has 0 aromatic carbocycles. The minimum atomic E-state index is -2.05. The molecule has 0 aliphatic heterocycles. The van der Waals surface area contributed by atoms with Crippen LogP contribution in [0.4, 0.5) is 0 Å². The van der Waals surface area contributed by atoms with E-state index in [4.69, 9.17) is 5.11 Å². The Balaban J connectivity index is 4.49. The van der Waals surface area contributed by atoms with Crippen LogP contribution >= 0.6 is 0 Å². The topological polar surface area (TPSA) is 124 Å². The van der Waals surface area contributed by atoms with Gasteiger partial charge in [0.1, 0.15) is 6.42 Å². The van der Waals surface area contributed by atoms with Gasteiger partial charge >= 0.3 is 23.9 Å². The lowest BCUT2D eigenvalue weighted by molar-refractivity contribution is -0.509. The highest BCUT2D eigenvalue weighted by Crippen LogP contribution is 2.00. The Morgan fingerprint density at radius 1 is 1.50 bits per heavy atom. The highest BCUT2D eigenvalue weighted by molar-refractivity contribution is 5.88. The van der Waals surface area contributed by atoms with Gasteiger partial charge in [-0.2, -0.15) is 0 Å². The van der Waals surface area contributed by atoms with Crippen molar-refractivity contribution in [2.24, 2.45) is 0 Å². The molecule has 0 bridgehead atoms. The summed E-state index contributed by atoms with van der Waals surface area (Å²) in [5.41, 5.74) is 0. The smallest absolute Gasteiger partial charge is 0.389 e. The highest BCUT2D eigenvalue weighted by atomic mass is 16.6. The fourth-order valence-electron chi connectivity index (χ4n) is 0.619. The van der Waals surface area contributed by atoms with Gasteiger partial charge in [-0.3, -0.25) is 19.7 Å². The average molecular weight is 205 g/mol. The molecule has 0 amide bonds. The number of carboxylic acids is 1. The Bertz CT molecular complexity index is 284. The van der Waals surface area contributed by atoms with Crippen LogP contribution in [-0.2, 0) is 19.1 Å². The highest BCUT2D eigenvalue weighted by Gasteiger charge is 2.35. The van der Waals surface area contributed by atoms with Crippen molar-refractivity contribution in [2.45, 2.75) is 19.4 Å². The summed E-state index contributed by atoms with van der Waals surface area (Å²) in [6.07, 6.45) is -1.01.